The summed E-state index contributed by atoms with van der Waals surface area (Å²) in [5, 5.41) is 0. The Morgan fingerprint density at radius 3 is 2.70 bits per heavy atom. The van der Waals surface area contributed by atoms with Crippen molar-refractivity contribution >= 4 is 5.91 Å². The first-order valence-corrected chi connectivity index (χ1v) is 9.86. The number of halogens is 1. The van der Waals surface area contributed by atoms with E-state index in [1.54, 1.807) is 18.3 Å². The minimum atomic E-state index is -0.238. The molecule has 27 heavy (non-hydrogen) atoms. The van der Waals surface area contributed by atoms with Crippen molar-refractivity contribution < 1.29 is 13.6 Å². The Balaban J connectivity index is 1.36. The maximum Gasteiger partial charge on any atom is 0.236 e. The molecule has 5 nitrogen and oxygen atoms in total. The largest absolute Gasteiger partial charge is 0.445 e. The third-order valence-electron chi connectivity index (χ3n) is 5.54. The smallest absolute Gasteiger partial charge is 0.236 e. The minimum absolute atomic E-state index is 0.156. The molecule has 2 saturated heterocycles. The predicted molar refractivity (Wildman–Crippen MR) is 99.9 cm³/mol. The standard InChI is InChI=1S/C21H26FN3O2/c22-18-7-5-16(6-8-18)12-19-13-23-21(27-19)17-4-3-11-25(14-17)20(26)15-24-9-1-2-10-24/h5-8,13,17H,1-4,9-12,14-15H2/t17-/m0/s1. The highest BCUT2D eigenvalue weighted by molar-refractivity contribution is 5.78. The number of carbonyl (C=O) groups excluding carboxylic acids is 1. The van der Waals surface area contributed by atoms with Gasteiger partial charge in [0.05, 0.1) is 18.7 Å². The molecule has 0 aliphatic carbocycles. The van der Waals surface area contributed by atoms with Crippen molar-refractivity contribution in [1.82, 2.24) is 14.8 Å². The lowest BCUT2D eigenvalue weighted by Crippen LogP contribution is -2.44. The SMILES string of the molecule is O=C(CN1CCCC1)N1CCC[C@H](c2ncc(Cc3ccc(F)cc3)o2)C1. The molecule has 0 bridgehead atoms. The molecule has 144 valence electrons. The summed E-state index contributed by atoms with van der Waals surface area (Å²) in [5.41, 5.74) is 0.991. The van der Waals surface area contributed by atoms with Crippen molar-refractivity contribution in [2.45, 2.75) is 38.0 Å². The van der Waals surface area contributed by atoms with E-state index in [1.165, 1.54) is 25.0 Å². The Hall–Kier alpha value is -2.21. The molecule has 6 heteroatoms. The van der Waals surface area contributed by atoms with E-state index in [-0.39, 0.29) is 17.6 Å². The molecule has 1 amide bonds. The van der Waals surface area contributed by atoms with Gasteiger partial charge in [-0.3, -0.25) is 9.69 Å². The molecule has 0 unspecified atom stereocenters. The lowest BCUT2D eigenvalue weighted by atomic mass is 9.98. The monoisotopic (exact) mass is 371 g/mol. The van der Waals surface area contributed by atoms with E-state index < -0.39 is 0 Å². The molecule has 0 spiro atoms. The topological polar surface area (TPSA) is 49.6 Å². The summed E-state index contributed by atoms with van der Waals surface area (Å²) in [6.07, 6.45) is 6.71. The molecule has 3 heterocycles. The van der Waals surface area contributed by atoms with E-state index in [0.29, 0.717) is 25.4 Å². The molecule has 1 atom stereocenters. The number of piperidine rings is 1. The van der Waals surface area contributed by atoms with Gasteiger partial charge in [0.25, 0.3) is 0 Å². The average molecular weight is 371 g/mol. The second-order valence-corrected chi connectivity index (χ2v) is 7.63. The number of oxazole rings is 1. The van der Waals surface area contributed by atoms with Gasteiger partial charge in [0.1, 0.15) is 11.6 Å². The number of benzene rings is 1. The molecule has 0 N–H and O–H groups in total. The molecular weight excluding hydrogens is 345 g/mol. The van der Waals surface area contributed by atoms with Gasteiger partial charge in [-0.2, -0.15) is 0 Å². The van der Waals surface area contributed by atoms with E-state index in [0.717, 1.165) is 43.8 Å². The minimum Gasteiger partial charge on any atom is -0.445 e. The first-order valence-electron chi connectivity index (χ1n) is 9.86. The van der Waals surface area contributed by atoms with E-state index in [9.17, 15) is 9.18 Å². The van der Waals surface area contributed by atoms with Crippen LogP contribution in [0.1, 0.15) is 48.8 Å². The highest BCUT2D eigenvalue weighted by Crippen LogP contribution is 2.27. The number of amides is 1. The van der Waals surface area contributed by atoms with E-state index in [1.807, 2.05) is 4.90 Å². The molecule has 1 aromatic carbocycles. The van der Waals surface area contributed by atoms with Gasteiger partial charge in [-0.1, -0.05) is 12.1 Å². The maximum atomic E-state index is 13.0. The van der Waals surface area contributed by atoms with Gasteiger partial charge in [-0.15, -0.1) is 0 Å². The van der Waals surface area contributed by atoms with Gasteiger partial charge < -0.3 is 9.32 Å². The molecule has 1 aromatic heterocycles. The molecule has 4 rings (SSSR count). The lowest BCUT2D eigenvalue weighted by Gasteiger charge is -2.32. The number of aromatic nitrogens is 1. The van der Waals surface area contributed by atoms with Crippen molar-refractivity contribution in [1.29, 1.82) is 0 Å². The second-order valence-electron chi connectivity index (χ2n) is 7.63. The number of likely N-dealkylation sites (tertiary alicyclic amines) is 2. The first-order chi connectivity index (χ1) is 13.2. The van der Waals surface area contributed by atoms with Crippen LogP contribution in [-0.4, -0.2) is 53.4 Å². The van der Waals surface area contributed by atoms with Gasteiger partial charge in [0.15, 0.2) is 5.89 Å². The number of nitrogens with zero attached hydrogens (tertiary/aromatic N) is 3. The van der Waals surface area contributed by atoms with Crippen LogP contribution in [0, 0.1) is 5.82 Å². The third-order valence-corrected chi connectivity index (χ3v) is 5.54. The van der Waals surface area contributed by atoms with Gasteiger partial charge >= 0.3 is 0 Å². The van der Waals surface area contributed by atoms with Crippen LogP contribution >= 0.6 is 0 Å². The number of hydrogen-bond donors (Lipinski definition) is 0. The summed E-state index contributed by atoms with van der Waals surface area (Å²) in [6.45, 7) is 4.12. The fourth-order valence-electron chi connectivity index (χ4n) is 4.03. The van der Waals surface area contributed by atoms with E-state index >= 15 is 0 Å². The number of carbonyl (C=O) groups is 1. The Labute approximate surface area is 159 Å². The molecule has 2 aliphatic rings. The molecule has 0 radical (unpaired) electrons. The lowest BCUT2D eigenvalue weighted by molar-refractivity contribution is -0.133. The number of rotatable bonds is 5. The van der Waals surface area contributed by atoms with Gasteiger partial charge in [0, 0.05) is 19.5 Å². The van der Waals surface area contributed by atoms with Gasteiger partial charge in [0.2, 0.25) is 5.91 Å². The summed E-state index contributed by atoms with van der Waals surface area (Å²) < 4.78 is 19.0. The quantitative estimate of drug-likeness (QED) is 0.810. The molecular formula is C21H26FN3O2. The van der Waals surface area contributed by atoms with Crippen LogP contribution in [0.3, 0.4) is 0 Å². The number of hydrogen-bond acceptors (Lipinski definition) is 4. The van der Waals surface area contributed by atoms with E-state index in [2.05, 4.69) is 9.88 Å². The van der Waals surface area contributed by atoms with Crippen LogP contribution in [0.25, 0.3) is 0 Å². The summed E-state index contributed by atoms with van der Waals surface area (Å²) in [5.74, 6) is 1.63. The van der Waals surface area contributed by atoms with Crippen molar-refractivity contribution in [3.63, 3.8) is 0 Å². The first kappa shape index (κ1) is 18.2. The van der Waals surface area contributed by atoms with Gasteiger partial charge in [-0.05, 0) is 56.5 Å². The fourth-order valence-corrected chi connectivity index (χ4v) is 4.03. The van der Waals surface area contributed by atoms with Crippen molar-refractivity contribution in [2.75, 3.05) is 32.7 Å². The molecule has 2 aromatic rings. The zero-order valence-corrected chi connectivity index (χ0v) is 15.6. The van der Waals surface area contributed by atoms with E-state index in [4.69, 9.17) is 4.42 Å². The van der Waals surface area contributed by atoms with Crippen LogP contribution in [0.2, 0.25) is 0 Å². The molecule has 2 fully saturated rings. The second kappa shape index (κ2) is 8.21. The van der Waals surface area contributed by atoms with Crippen molar-refractivity contribution in [2.24, 2.45) is 0 Å². The van der Waals surface area contributed by atoms with Crippen LogP contribution in [0.4, 0.5) is 4.39 Å². The van der Waals surface area contributed by atoms with Crippen molar-refractivity contribution in [3.05, 3.63) is 53.5 Å². The molecule has 2 aliphatic heterocycles. The molecule has 0 saturated carbocycles. The highest BCUT2D eigenvalue weighted by Gasteiger charge is 2.29. The zero-order valence-electron chi connectivity index (χ0n) is 15.6. The summed E-state index contributed by atoms with van der Waals surface area (Å²) in [6, 6.07) is 6.43. The summed E-state index contributed by atoms with van der Waals surface area (Å²) in [7, 11) is 0. The van der Waals surface area contributed by atoms with Crippen molar-refractivity contribution in [3.8, 4) is 0 Å². The van der Waals surface area contributed by atoms with Crippen LogP contribution in [-0.2, 0) is 11.2 Å². The Kier molecular flexibility index (Phi) is 5.53. The maximum absolute atomic E-state index is 13.0. The summed E-state index contributed by atoms with van der Waals surface area (Å²) in [4.78, 5) is 21.3. The van der Waals surface area contributed by atoms with Crippen LogP contribution < -0.4 is 0 Å². The van der Waals surface area contributed by atoms with Crippen LogP contribution in [0.15, 0.2) is 34.9 Å². The third kappa shape index (κ3) is 4.56. The Bertz CT molecular complexity index is 768. The van der Waals surface area contributed by atoms with Gasteiger partial charge in [-0.25, -0.2) is 9.37 Å². The fraction of sp³-hybridized carbons (Fsp3) is 0.524. The zero-order chi connectivity index (χ0) is 18.6. The Morgan fingerprint density at radius 1 is 1.15 bits per heavy atom. The normalized spacial score (nSPS) is 20.9. The summed E-state index contributed by atoms with van der Waals surface area (Å²) >= 11 is 0. The van der Waals surface area contributed by atoms with Crippen LogP contribution in [0.5, 0.6) is 0 Å². The average Bonchev–Trinajstić information content (AvgIpc) is 3.36. The highest BCUT2D eigenvalue weighted by atomic mass is 19.1. The Morgan fingerprint density at radius 2 is 1.93 bits per heavy atom. The predicted octanol–water partition coefficient (Wildman–Crippen LogP) is 3.21.